The predicted molar refractivity (Wildman–Crippen MR) is 95.4 cm³/mol. The molecule has 0 unspecified atom stereocenters. The van der Waals surface area contributed by atoms with E-state index in [1.165, 1.54) is 11.3 Å². The summed E-state index contributed by atoms with van der Waals surface area (Å²) in [6.07, 6.45) is 2.01. The van der Waals surface area contributed by atoms with Crippen molar-refractivity contribution in [1.82, 2.24) is 0 Å². The van der Waals surface area contributed by atoms with Gasteiger partial charge >= 0.3 is 0 Å². The monoisotopic (exact) mass is 333 g/mol. The van der Waals surface area contributed by atoms with Crippen LogP contribution in [0.1, 0.15) is 11.1 Å². The number of fused-ring (bicyclic) bond motifs is 3. The Labute approximate surface area is 143 Å². The highest BCUT2D eigenvalue weighted by atomic mass is 32.1. The van der Waals surface area contributed by atoms with E-state index in [-0.39, 0.29) is 5.56 Å². The normalized spacial score (nSPS) is 11.1. The third kappa shape index (κ3) is 2.02. The second kappa shape index (κ2) is 5.40. The van der Waals surface area contributed by atoms with Crippen molar-refractivity contribution in [3.05, 3.63) is 65.6 Å². The SMILES string of the molecule is Cc1ccc2c(sc3c(F)c(C#N)ccc32)c1-c1cccc[n+]1C. The fourth-order valence-electron chi connectivity index (χ4n) is 3.16. The number of aromatic nitrogens is 1. The van der Waals surface area contributed by atoms with E-state index < -0.39 is 5.82 Å². The molecule has 4 aromatic rings. The molecule has 0 N–H and O–H groups in total. The number of pyridine rings is 1. The van der Waals surface area contributed by atoms with Crippen molar-refractivity contribution in [2.24, 2.45) is 7.05 Å². The summed E-state index contributed by atoms with van der Waals surface area (Å²) in [5.41, 5.74) is 3.46. The van der Waals surface area contributed by atoms with Gasteiger partial charge in [0.05, 0.1) is 15.8 Å². The van der Waals surface area contributed by atoms with Crippen molar-refractivity contribution in [2.45, 2.75) is 6.92 Å². The number of thiophene rings is 1. The third-order valence-corrected chi connectivity index (χ3v) is 5.62. The van der Waals surface area contributed by atoms with Gasteiger partial charge in [-0.05, 0) is 24.6 Å². The number of nitrogens with zero attached hydrogens (tertiary/aromatic N) is 2. The van der Waals surface area contributed by atoms with E-state index in [2.05, 4.69) is 23.6 Å². The van der Waals surface area contributed by atoms with Gasteiger partial charge in [-0.25, -0.2) is 8.96 Å². The number of benzene rings is 2. The lowest BCUT2D eigenvalue weighted by molar-refractivity contribution is -0.660. The maximum absolute atomic E-state index is 14.6. The molecular weight excluding hydrogens is 319 g/mol. The lowest BCUT2D eigenvalue weighted by Gasteiger charge is -2.05. The van der Waals surface area contributed by atoms with Crippen molar-refractivity contribution < 1.29 is 8.96 Å². The number of nitriles is 1. The quantitative estimate of drug-likeness (QED) is 0.457. The molecule has 0 aliphatic heterocycles. The molecule has 0 spiro atoms. The van der Waals surface area contributed by atoms with Crippen LogP contribution in [0.5, 0.6) is 0 Å². The predicted octanol–water partition coefficient (Wildman–Crippen LogP) is 4.87. The average Bonchev–Trinajstić information content (AvgIpc) is 2.96. The third-order valence-electron chi connectivity index (χ3n) is 4.39. The van der Waals surface area contributed by atoms with Gasteiger partial charge in [-0.15, -0.1) is 11.3 Å². The van der Waals surface area contributed by atoms with Crippen LogP contribution in [0.15, 0.2) is 48.7 Å². The first-order chi connectivity index (χ1) is 11.6. The zero-order valence-electron chi connectivity index (χ0n) is 13.3. The average molecular weight is 333 g/mol. The molecule has 0 amide bonds. The fourth-order valence-corrected chi connectivity index (χ4v) is 4.50. The molecule has 0 fully saturated rings. The van der Waals surface area contributed by atoms with Gasteiger partial charge in [0.15, 0.2) is 12.0 Å². The topological polar surface area (TPSA) is 27.7 Å². The maximum atomic E-state index is 14.6. The minimum Gasteiger partial charge on any atom is -0.204 e. The van der Waals surface area contributed by atoms with E-state index in [1.807, 2.05) is 43.6 Å². The Morgan fingerprint density at radius 2 is 1.79 bits per heavy atom. The van der Waals surface area contributed by atoms with Crippen LogP contribution < -0.4 is 4.57 Å². The summed E-state index contributed by atoms with van der Waals surface area (Å²) in [4.78, 5) is 0. The molecule has 0 saturated carbocycles. The minimum atomic E-state index is -0.419. The van der Waals surface area contributed by atoms with E-state index in [9.17, 15) is 4.39 Å². The molecule has 0 aliphatic carbocycles. The Bertz CT molecular complexity index is 1150. The molecule has 0 bridgehead atoms. The van der Waals surface area contributed by atoms with E-state index in [1.54, 1.807) is 6.07 Å². The number of halogens is 1. The van der Waals surface area contributed by atoms with E-state index in [0.29, 0.717) is 4.70 Å². The summed E-state index contributed by atoms with van der Waals surface area (Å²) in [6, 6.07) is 15.5. The molecule has 0 radical (unpaired) electrons. The van der Waals surface area contributed by atoms with Crippen LogP contribution in [-0.4, -0.2) is 0 Å². The highest BCUT2D eigenvalue weighted by molar-refractivity contribution is 7.26. The molecule has 0 aliphatic rings. The molecule has 2 heterocycles. The van der Waals surface area contributed by atoms with Crippen LogP contribution in [0.3, 0.4) is 0 Å². The highest BCUT2D eigenvalue weighted by Gasteiger charge is 2.20. The summed E-state index contributed by atoms with van der Waals surface area (Å²) in [7, 11) is 2.01. The van der Waals surface area contributed by atoms with Crippen molar-refractivity contribution in [3.63, 3.8) is 0 Å². The smallest absolute Gasteiger partial charge is 0.204 e. The van der Waals surface area contributed by atoms with E-state index in [0.717, 1.165) is 32.3 Å². The van der Waals surface area contributed by atoms with Gasteiger partial charge in [0.25, 0.3) is 0 Å². The van der Waals surface area contributed by atoms with Gasteiger partial charge in [0, 0.05) is 27.6 Å². The molecule has 2 aromatic carbocycles. The van der Waals surface area contributed by atoms with Gasteiger partial charge in [-0.3, -0.25) is 0 Å². The fraction of sp³-hybridized carbons (Fsp3) is 0.100. The molecule has 4 rings (SSSR count). The number of hydrogen-bond donors (Lipinski definition) is 0. The largest absolute Gasteiger partial charge is 0.213 e. The Balaban J connectivity index is 2.17. The van der Waals surface area contributed by atoms with Crippen molar-refractivity contribution in [1.29, 1.82) is 5.26 Å². The Morgan fingerprint density at radius 3 is 2.54 bits per heavy atom. The second-order valence-corrected chi connectivity index (χ2v) is 6.87. The Hall–Kier alpha value is -2.77. The highest BCUT2D eigenvalue weighted by Crippen LogP contribution is 2.42. The van der Waals surface area contributed by atoms with Gasteiger partial charge in [0.2, 0.25) is 5.69 Å². The zero-order valence-corrected chi connectivity index (χ0v) is 14.1. The minimum absolute atomic E-state index is 0.0950. The summed E-state index contributed by atoms with van der Waals surface area (Å²) < 4.78 is 18.3. The van der Waals surface area contributed by atoms with E-state index in [4.69, 9.17) is 5.26 Å². The summed E-state index contributed by atoms with van der Waals surface area (Å²) in [6.45, 7) is 2.07. The van der Waals surface area contributed by atoms with Crippen LogP contribution in [0.2, 0.25) is 0 Å². The molecular formula is C20H14FN2S+. The number of rotatable bonds is 1. The molecule has 0 atom stereocenters. The molecule has 116 valence electrons. The van der Waals surface area contributed by atoms with Crippen LogP contribution in [0.25, 0.3) is 31.4 Å². The Kier molecular flexibility index (Phi) is 3.33. The van der Waals surface area contributed by atoms with Crippen molar-refractivity contribution in [3.8, 4) is 17.3 Å². The second-order valence-electron chi connectivity index (χ2n) is 5.85. The van der Waals surface area contributed by atoms with Gasteiger partial charge in [-0.1, -0.05) is 18.2 Å². The van der Waals surface area contributed by atoms with Crippen LogP contribution in [-0.2, 0) is 7.05 Å². The van der Waals surface area contributed by atoms with Crippen LogP contribution >= 0.6 is 11.3 Å². The standard InChI is InChI=1S/C20H14FN2S/c1-12-6-8-14-15-9-7-13(11-22)18(21)20(15)24-19(14)17(12)16-5-3-4-10-23(16)2/h3-10H,1-2H3/q+1. The number of aryl methyl sites for hydroxylation is 2. The zero-order chi connectivity index (χ0) is 16.8. The van der Waals surface area contributed by atoms with Crippen LogP contribution in [0, 0.1) is 24.1 Å². The van der Waals surface area contributed by atoms with E-state index >= 15 is 0 Å². The summed E-state index contributed by atoms with van der Waals surface area (Å²) in [5, 5.41) is 11.0. The first kappa shape index (κ1) is 14.8. The Morgan fingerprint density at radius 1 is 1.04 bits per heavy atom. The lowest BCUT2D eigenvalue weighted by Crippen LogP contribution is -2.30. The van der Waals surface area contributed by atoms with Crippen molar-refractivity contribution >= 4 is 31.5 Å². The lowest BCUT2D eigenvalue weighted by atomic mass is 10.0. The molecule has 2 aromatic heterocycles. The molecule has 0 saturated heterocycles. The summed E-state index contributed by atoms with van der Waals surface area (Å²) >= 11 is 1.42. The summed E-state index contributed by atoms with van der Waals surface area (Å²) in [5.74, 6) is -0.419. The molecule has 4 heteroatoms. The van der Waals surface area contributed by atoms with Crippen molar-refractivity contribution in [2.75, 3.05) is 0 Å². The van der Waals surface area contributed by atoms with Gasteiger partial charge in [-0.2, -0.15) is 5.26 Å². The maximum Gasteiger partial charge on any atom is 0.213 e. The molecule has 2 nitrogen and oxygen atoms in total. The van der Waals surface area contributed by atoms with Crippen LogP contribution in [0.4, 0.5) is 4.39 Å². The first-order valence-electron chi connectivity index (χ1n) is 7.61. The first-order valence-corrected chi connectivity index (χ1v) is 8.43. The number of hydrogen-bond acceptors (Lipinski definition) is 2. The van der Waals surface area contributed by atoms with Gasteiger partial charge in [0.1, 0.15) is 13.1 Å². The molecule has 24 heavy (non-hydrogen) atoms. The van der Waals surface area contributed by atoms with Gasteiger partial charge < -0.3 is 0 Å².